The monoisotopic (exact) mass is 270 g/mol. The van der Waals surface area contributed by atoms with Gasteiger partial charge in [0, 0.05) is 12.6 Å². The quantitative estimate of drug-likeness (QED) is 0.764. The first kappa shape index (κ1) is 14.6. The highest BCUT2D eigenvalue weighted by Crippen LogP contribution is 2.29. The zero-order valence-corrected chi connectivity index (χ0v) is 12.1. The Bertz CT molecular complexity index is 474. The highest BCUT2D eigenvalue weighted by molar-refractivity contribution is 5.82. The molecular weight excluding hydrogens is 248 g/mol. The average molecular weight is 270 g/mol. The topological polar surface area (TPSA) is 44.1 Å². The highest BCUT2D eigenvalue weighted by atomic mass is 16.2. The van der Waals surface area contributed by atoms with Crippen LogP contribution in [0, 0.1) is 17.2 Å². The molecule has 1 aliphatic rings. The van der Waals surface area contributed by atoms with Gasteiger partial charge in [0.1, 0.15) is 5.92 Å². The van der Waals surface area contributed by atoms with Gasteiger partial charge in [-0.2, -0.15) is 5.26 Å². The van der Waals surface area contributed by atoms with Gasteiger partial charge in [0.05, 0.1) is 6.07 Å². The Kier molecular flexibility index (Phi) is 5.17. The molecule has 20 heavy (non-hydrogen) atoms. The number of hydrogen-bond acceptors (Lipinski definition) is 2. The standard InChI is InChI=1S/C17H22N2O/c1-2-3-11-19(16-9-10-16)17(20)15(13-18)12-14-7-5-4-6-8-14/h4-8,15-16H,2-3,9-12H2,1H3. The van der Waals surface area contributed by atoms with E-state index in [1.807, 2.05) is 35.2 Å². The lowest BCUT2D eigenvalue weighted by Gasteiger charge is -2.24. The van der Waals surface area contributed by atoms with Crippen molar-refractivity contribution in [1.82, 2.24) is 4.90 Å². The van der Waals surface area contributed by atoms with Gasteiger partial charge in [0.2, 0.25) is 5.91 Å². The van der Waals surface area contributed by atoms with Crippen molar-refractivity contribution in [1.29, 1.82) is 5.26 Å². The molecule has 106 valence electrons. The van der Waals surface area contributed by atoms with E-state index in [9.17, 15) is 10.1 Å². The second-order valence-electron chi connectivity index (χ2n) is 5.49. The van der Waals surface area contributed by atoms with Gasteiger partial charge in [-0.3, -0.25) is 4.79 Å². The summed E-state index contributed by atoms with van der Waals surface area (Å²) in [5.74, 6) is -0.526. The van der Waals surface area contributed by atoms with Crippen molar-refractivity contribution in [3.05, 3.63) is 35.9 Å². The van der Waals surface area contributed by atoms with Crippen LogP contribution in [0.3, 0.4) is 0 Å². The van der Waals surface area contributed by atoms with Crippen molar-refractivity contribution in [3.8, 4) is 6.07 Å². The molecule has 0 heterocycles. The summed E-state index contributed by atoms with van der Waals surface area (Å²) in [6.45, 7) is 2.92. The zero-order chi connectivity index (χ0) is 14.4. The van der Waals surface area contributed by atoms with E-state index < -0.39 is 5.92 Å². The van der Waals surface area contributed by atoms with E-state index in [0.717, 1.165) is 37.8 Å². The molecule has 1 amide bonds. The lowest BCUT2D eigenvalue weighted by molar-refractivity contribution is -0.134. The molecule has 1 aromatic rings. The Morgan fingerprint density at radius 2 is 2.10 bits per heavy atom. The maximum Gasteiger partial charge on any atom is 0.240 e. The summed E-state index contributed by atoms with van der Waals surface area (Å²) in [4.78, 5) is 14.5. The Balaban J connectivity index is 2.01. The fourth-order valence-electron chi connectivity index (χ4n) is 2.43. The summed E-state index contributed by atoms with van der Waals surface area (Å²) in [7, 11) is 0. The molecule has 0 spiro atoms. The lowest BCUT2D eigenvalue weighted by Crippen LogP contribution is -2.38. The predicted octanol–water partition coefficient (Wildman–Crippen LogP) is 3.16. The van der Waals surface area contributed by atoms with Crippen LogP contribution in [0.4, 0.5) is 0 Å². The van der Waals surface area contributed by atoms with E-state index in [2.05, 4.69) is 13.0 Å². The number of unbranched alkanes of at least 4 members (excludes halogenated alkanes) is 1. The maximum absolute atomic E-state index is 12.6. The van der Waals surface area contributed by atoms with Crippen LogP contribution in [0.1, 0.15) is 38.2 Å². The first-order valence-electron chi connectivity index (χ1n) is 7.50. The van der Waals surface area contributed by atoms with E-state index in [1.165, 1.54) is 0 Å². The summed E-state index contributed by atoms with van der Waals surface area (Å²) >= 11 is 0. The molecule has 1 aromatic carbocycles. The van der Waals surface area contributed by atoms with Crippen LogP contribution in [-0.2, 0) is 11.2 Å². The van der Waals surface area contributed by atoms with Crippen LogP contribution in [0.2, 0.25) is 0 Å². The Morgan fingerprint density at radius 1 is 1.40 bits per heavy atom. The summed E-state index contributed by atoms with van der Waals surface area (Å²) in [6, 6.07) is 12.4. The number of nitrogens with zero attached hydrogens (tertiary/aromatic N) is 2. The number of nitriles is 1. The third-order valence-electron chi connectivity index (χ3n) is 3.76. The van der Waals surface area contributed by atoms with Crippen LogP contribution in [0.15, 0.2) is 30.3 Å². The summed E-state index contributed by atoms with van der Waals surface area (Å²) in [5.41, 5.74) is 1.05. The molecule has 0 aliphatic heterocycles. The summed E-state index contributed by atoms with van der Waals surface area (Å²) in [6.07, 6.45) is 4.81. The third-order valence-corrected chi connectivity index (χ3v) is 3.76. The first-order chi connectivity index (χ1) is 9.76. The number of amides is 1. The first-order valence-corrected chi connectivity index (χ1v) is 7.50. The summed E-state index contributed by atoms with van der Waals surface area (Å²) < 4.78 is 0. The molecule has 0 bridgehead atoms. The number of rotatable bonds is 7. The SMILES string of the molecule is CCCCN(C(=O)C(C#N)Cc1ccccc1)C1CC1. The molecule has 2 rings (SSSR count). The van der Waals surface area contributed by atoms with Crippen LogP contribution in [0.5, 0.6) is 0 Å². The van der Waals surface area contributed by atoms with Crippen molar-refractivity contribution in [2.24, 2.45) is 5.92 Å². The minimum atomic E-state index is -0.546. The van der Waals surface area contributed by atoms with Crippen molar-refractivity contribution in [2.75, 3.05) is 6.54 Å². The van der Waals surface area contributed by atoms with Gasteiger partial charge in [-0.05, 0) is 31.2 Å². The predicted molar refractivity (Wildman–Crippen MR) is 78.9 cm³/mol. The van der Waals surface area contributed by atoms with Crippen LogP contribution in [0.25, 0.3) is 0 Å². The normalized spacial score (nSPS) is 15.4. The van der Waals surface area contributed by atoms with Crippen LogP contribution >= 0.6 is 0 Å². The molecule has 3 heteroatoms. The van der Waals surface area contributed by atoms with Crippen LogP contribution in [-0.4, -0.2) is 23.4 Å². The molecule has 3 nitrogen and oxygen atoms in total. The van der Waals surface area contributed by atoms with Gasteiger partial charge >= 0.3 is 0 Å². The molecule has 1 saturated carbocycles. The van der Waals surface area contributed by atoms with E-state index in [-0.39, 0.29) is 5.91 Å². The van der Waals surface area contributed by atoms with E-state index >= 15 is 0 Å². The molecule has 0 aromatic heterocycles. The third kappa shape index (κ3) is 3.84. The zero-order valence-electron chi connectivity index (χ0n) is 12.1. The van der Waals surface area contributed by atoms with Crippen molar-refractivity contribution in [2.45, 2.75) is 45.1 Å². The Morgan fingerprint density at radius 3 is 2.65 bits per heavy atom. The second-order valence-corrected chi connectivity index (χ2v) is 5.49. The molecular formula is C17H22N2O. The van der Waals surface area contributed by atoms with Gasteiger partial charge in [0.25, 0.3) is 0 Å². The van der Waals surface area contributed by atoms with Gasteiger partial charge < -0.3 is 4.90 Å². The summed E-state index contributed by atoms with van der Waals surface area (Å²) in [5, 5.41) is 9.34. The fraction of sp³-hybridized carbons (Fsp3) is 0.529. The smallest absolute Gasteiger partial charge is 0.240 e. The molecule has 1 fully saturated rings. The van der Waals surface area contributed by atoms with Crippen molar-refractivity contribution < 1.29 is 4.79 Å². The number of carbonyl (C=O) groups excluding carboxylic acids is 1. The molecule has 1 aliphatic carbocycles. The fourth-order valence-corrected chi connectivity index (χ4v) is 2.43. The highest BCUT2D eigenvalue weighted by Gasteiger charge is 2.35. The van der Waals surface area contributed by atoms with Gasteiger partial charge in [0.15, 0.2) is 0 Å². The van der Waals surface area contributed by atoms with Crippen molar-refractivity contribution >= 4 is 5.91 Å². The van der Waals surface area contributed by atoms with Gasteiger partial charge in [-0.25, -0.2) is 0 Å². The Hall–Kier alpha value is -1.82. The molecule has 1 unspecified atom stereocenters. The molecule has 0 N–H and O–H groups in total. The van der Waals surface area contributed by atoms with Gasteiger partial charge in [-0.1, -0.05) is 43.7 Å². The molecule has 0 radical (unpaired) electrons. The van der Waals surface area contributed by atoms with E-state index in [1.54, 1.807) is 0 Å². The van der Waals surface area contributed by atoms with Crippen LogP contribution < -0.4 is 0 Å². The van der Waals surface area contributed by atoms with Gasteiger partial charge in [-0.15, -0.1) is 0 Å². The van der Waals surface area contributed by atoms with Crippen molar-refractivity contribution in [3.63, 3.8) is 0 Å². The number of benzene rings is 1. The average Bonchev–Trinajstić information content (AvgIpc) is 3.31. The molecule has 0 saturated heterocycles. The second kappa shape index (κ2) is 7.09. The Labute approximate surface area is 121 Å². The maximum atomic E-state index is 12.6. The molecule has 1 atom stereocenters. The minimum absolute atomic E-state index is 0.0207. The lowest BCUT2D eigenvalue weighted by atomic mass is 9.99. The number of carbonyl (C=O) groups is 1. The van der Waals surface area contributed by atoms with E-state index in [4.69, 9.17) is 0 Å². The minimum Gasteiger partial charge on any atom is -0.339 e. The largest absolute Gasteiger partial charge is 0.339 e. The van der Waals surface area contributed by atoms with E-state index in [0.29, 0.717) is 12.5 Å². The number of hydrogen-bond donors (Lipinski definition) is 0.